The first-order chi connectivity index (χ1) is 9.50. The molecule has 4 heteroatoms. The lowest BCUT2D eigenvalue weighted by Crippen LogP contribution is -2.15. The molecular formula is C16H17BrN2O. The number of hydrogen-bond acceptors (Lipinski definition) is 2. The van der Waals surface area contributed by atoms with Gasteiger partial charge in [0.2, 0.25) is 5.91 Å². The maximum atomic E-state index is 11.4. The molecule has 0 spiro atoms. The van der Waals surface area contributed by atoms with Gasteiger partial charge in [0.25, 0.3) is 0 Å². The predicted molar refractivity (Wildman–Crippen MR) is 85.9 cm³/mol. The highest BCUT2D eigenvalue weighted by atomic mass is 79.9. The molecule has 3 N–H and O–H groups in total. The lowest BCUT2D eigenvalue weighted by molar-refractivity contribution is 0.1000. The number of carbonyl (C=O) groups excluding carboxylic acids is 1. The largest absolute Gasteiger partial charge is 0.378 e. The zero-order valence-corrected chi connectivity index (χ0v) is 13.1. The van der Waals surface area contributed by atoms with Crippen LogP contribution in [-0.2, 0) is 0 Å². The fraction of sp³-hybridized carbons (Fsp3) is 0.188. The van der Waals surface area contributed by atoms with E-state index in [-0.39, 0.29) is 6.04 Å². The van der Waals surface area contributed by atoms with E-state index < -0.39 is 5.91 Å². The summed E-state index contributed by atoms with van der Waals surface area (Å²) < 4.78 is 1.06. The number of anilines is 1. The molecule has 1 unspecified atom stereocenters. The van der Waals surface area contributed by atoms with Crippen LogP contribution >= 0.6 is 15.9 Å². The van der Waals surface area contributed by atoms with Gasteiger partial charge in [-0.1, -0.05) is 40.2 Å². The summed E-state index contributed by atoms with van der Waals surface area (Å²) in [6.45, 7) is 3.98. The van der Waals surface area contributed by atoms with Crippen molar-refractivity contribution in [3.05, 3.63) is 63.6 Å². The Hall–Kier alpha value is -1.81. The third-order valence-electron chi connectivity index (χ3n) is 3.34. The molecule has 2 aromatic carbocycles. The second-order valence-electron chi connectivity index (χ2n) is 4.73. The zero-order chi connectivity index (χ0) is 14.7. The number of amides is 1. The molecule has 2 aromatic rings. The Morgan fingerprint density at radius 1 is 1.20 bits per heavy atom. The quantitative estimate of drug-likeness (QED) is 0.888. The molecule has 0 saturated carbocycles. The molecule has 0 fully saturated rings. The maximum absolute atomic E-state index is 11.4. The third kappa shape index (κ3) is 3.02. The van der Waals surface area contributed by atoms with Gasteiger partial charge in [-0.05, 0) is 43.2 Å². The average molecular weight is 333 g/mol. The van der Waals surface area contributed by atoms with Gasteiger partial charge in [-0.25, -0.2) is 0 Å². The fourth-order valence-electron chi connectivity index (χ4n) is 2.20. The number of primary amides is 1. The lowest BCUT2D eigenvalue weighted by Gasteiger charge is -2.19. The molecular weight excluding hydrogens is 316 g/mol. The van der Waals surface area contributed by atoms with E-state index in [0.717, 1.165) is 21.3 Å². The van der Waals surface area contributed by atoms with Crippen LogP contribution in [0.2, 0.25) is 0 Å². The van der Waals surface area contributed by atoms with Gasteiger partial charge in [0.15, 0.2) is 0 Å². The minimum absolute atomic E-state index is 0.118. The first kappa shape index (κ1) is 14.6. The SMILES string of the molecule is Cc1c(NC(C)c2ccccc2Br)cccc1C(N)=O. The number of nitrogens with one attached hydrogen (secondary N) is 1. The van der Waals surface area contributed by atoms with Crippen LogP contribution in [0.1, 0.15) is 34.5 Å². The van der Waals surface area contributed by atoms with Gasteiger partial charge in [-0.15, -0.1) is 0 Å². The topological polar surface area (TPSA) is 55.1 Å². The van der Waals surface area contributed by atoms with Crippen LogP contribution in [0.4, 0.5) is 5.69 Å². The lowest BCUT2D eigenvalue weighted by atomic mass is 10.0. The Balaban J connectivity index is 2.29. The number of benzene rings is 2. The van der Waals surface area contributed by atoms with Crippen molar-refractivity contribution in [3.63, 3.8) is 0 Å². The highest BCUT2D eigenvalue weighted by Gasteiger charge is 2.12. The van der Waals surface area contributed by atoms with Crippen LogP contribution in [0.25, 0.3) is 0 Å². The normalized spacial score (nSPS) is 11.9. The van der Waals surface area contributed by atoms with E-state index in [2.05, 4.69) is 34.2 Å². The van der Waals surface area contributed by atoms with Crippen LogP contribution < -0.4 is 11.1 Å². The Labute approximate surface area is 127 Å². The highest BCUT2D eigenvalue weighted by molar-refractivity contribution is 9.10. The van der Waals surface area contributed by atoms with Crippen LogP contribution in [0.5, 0.6) is 0 Å². The predicted octanol–water partition coefficient (Wildman–Crippen LogP) is 4.03. The van der Waals surface area contributed by atoms with Crippen LogP contribution in [-0.4, -0.2) is 5.91 Å². The smallest absolute Gasteiger partial charge is 0.249 e. The Morgan fingerprint density at radius 2 is 1.90 bits per heavy atom. The second-order valence-corrected chi connectivity index (χ2v) is 5.58. The first-order valence-corrected chi connectivity index (χ1v) is 7.20. The van der Waals surface area contributed by atoms with E-state index in [4.69, 9.17) is 5.73 Å². The Kier molecular flexibility index (Phi) is 4.45. The molecule has 0 aliphatic rings. The maximum Gasteiger partial charge on any atom is 0.249 e. The summed E-state index contributed by atoms with van der Waals surface area (Å²) in [5.74, 6) is -0.403. The Morgan fingerprint density at radius 3 is 2.55 bits per heavy atom. The molecule has 104 valence electrons. The first-order valence-electron chi connectivity index (χ1n) is 6.41. The van der Waals surface area contributed by atoms with Gasteiger partial charge < -0.3 is 11.1 Å². The van der Waals surface area contributed by atoms with Crippen molar-refractivity contribution < 1.29 is 4.79 Å². The van der Waals surface area contributed by atoms with E-state index in [1.54, 1.807) is 6.07 Å². The summed E-state index contributed by atoms with van der Waals surface area (Å²) in [7, 11) is 0. The summed E-state index contributed by atoms with van der Waals surface area (Å²) in [6, 6.07) is 13.7. The van der Waals surface area contributed by atoms with Crippen molar-refractivity contribution in [1.82, 2.24) is 0 Å². The molecule has 0 aromatic heterocycles. The van der Waals surface area contributed by atoms with Crippen LogP contribution in [0.3, 0.4) is 0 Å². The van der Waals surface area contributed by atoms with Gasteiger partial charge in [0.05, 0.1) is 0 Å². The minimum Gasteiger partial charge on any atom is -0.378 e. The average Bonchev–Trinajstić information content (AvgIpc) is 2.41. The summed E-state index contributed by atoms with van der Waals surface area (Å²) in [5, 5.41) is 3.42. The molecule has 0 radical (unpaired) electrons. The van der Waals surface area contributed by atoms with Crippen molar-refractivity contribution in [2.75, 3.05) is 5.32 Å². The molecule has 0 aliphatic heterocycles. The van der Waals surface area contributed by atoms with Crippen molar-refractivity contribution in [1.29, 1.82) is 0 Å². The Bertz CT molecular complexity index is 640. The van der Waals surface area contributed by atoms with Crippen molar-refractivity contribution in [3.8, 4) is 0 Å². The van der Waals surface area contributed by atoms with Gasteiger partial charge >= 0.3 is 0 Å². The standard InChI is InChI=1S/C16H17BrN2O/c1-10-12(16(18)20)7-5-9-15(10)19-11(2)13-6-3-4-8-14(13)17/h3-9,11,19H,1-2H3,(H2,18,20). The molecule has 20 heavy (non-hydrogen) atoms. The molecule has 3 nitrogen and oxygen atoms in total. The highest BCUT2D eigenvalue weighted by Crippen LogP contribution is 2.28. The molecule has 1 atom stereocenters. The fourth-order valence-corrected chi connectivity index (χ4v) is 2.82. The van der Waals surface area contributed by atoms with Crippen LogP contribution in [0.15, 0.2) is 46.9 Å². The summed E-state index contributed by atoms with van der Waals surface area (Å²) in [4.78, 5) is 11.4. The number of rotatable bonds is 4. The van der Waals surface area contributed by atoms with E-state index >= 15 is 0 Å². The molecule has 2 rings (SSSR count). The van der Waals surface area contributed by atoms with Crippen molar-refractivity contribution in [2.24, 2.45) is 5.73 Å². The van der Waals surface area contributed by atoms with Gasteiger partial charge in [-0.2, -0.15) is 0 Å². The van der Waals surface area contributed by atoms with Crippen LogP contribution in [0, 0.1) is 6.92 Å². The van der Waals surface area contributed by atoms with Gasteiger partial charge in [0, 0.05) is 21.8 Å². The minimum atomic E-state index is -0.403. The summed E-state index contributed by atoms with van der Waals surface area (Å²) >= 11 is 3.55. The molecule has 0 saturated heterocycles. The number of hydrogen-bond donors (Lipinski definition) is 2. The second kappa shape index (κ2) is 6.09. The van der Waals surface area contributed by atoms with E-state index in [1.807, 2.05) is 37.3 Å². The molecule has 0 heterocycles. The molecule has 1 amide bonds. The van der Waals surface area contributed by atoms with E-state index in [9.17, 15) is 4.79 Å². The van der Waals surface area contributed by atoms with Gasteiger partial charge in [-0.3, -0.25) is 4.79 Å². The number of carbonyl (C=O) groups is 1. The third-order valence-corrected chi connectivity index (χ3v) is 4.07. The summed E-state index contributed by atoms with van der Waals surface area (Å²) in [6.07, 6.45) is 0. The number of nitrogens with two attached hydrogens (primary N) is 1. The van der Waals surface area contributed by atoms with Gasteiger partial charge in [0.1, 0.15) is 0 Å². The summed E-state index contributed by atoms with van der Waals surface area (Å²) in [5.41, 5.74) is 8.88. The zero-order valence-electron chi connectivity index (χ0n) is 11.5. The molecule has 0 aliphatic carbocycles. The number of halogens is 1. The van der Waals surface area contributed by atoms with E-state index in [1.165, 1.54) is 0 Å². The van der Waals surface area contributed by atoms with Crippen molar-refractivity contribution in [2.45, 2.75) is 19.9 Å². The molecule has 0 bridgehead atoms. The van der Waals surface area contributed by atoms with Crippen molar-refractivity contribution >= 4 is 27.5 Å². The monoisotopic (exact) mass is 332 g/mol. The van der Waals surface area contributed by atoms with E-state index in [0.29, 0.717) is 5.56 Å².